The van der Waals surface area contributed by atoms with Crippen molar-refractivity contribution < 1.29 is 4.92 Å². The van der Waals surface area contributed by atoms with Gasteiger partial charge in [-0.15, -0.1) is 0 Å². The molecule has 2 rings (SSSR count). The Balaban J connectivity index is 2.38. The third-order valence-corrected chi connectivity index (χ3v) is 3.78. The number of halogens is 2. The monoisotopic (exact) mass is 315 g/mol. The van der Waals surface area contributed by atoms with E-state index in [2.05, 4.69) is 4.98 Å². The van der Waals surface area contributed by atoms with Crippen LogP contribution in [0.5, 0.6) is 0 Å². The molecule has 0 spiro atoms. The molecule has 2 N–H and O–H groups in total. The van der Waals surface area contributed by atoms with E-state index >= 15 is 0 Å². The van der Waals surface area contributed by atoms with Crippen molar-refractivity contribution in [3.05, 3.63) is 50.5 Å². The average molecular weight is 316 g/mol. The summed E-state index contributed by atoms with van der Waals surface area (Å²) < 4.78 is 0. The maximum atomic E-state index is 10.7. The molecule has 1 aromatic heterocycles. The SMILES string of the molecule is Nc1cc([N+](=O)[O-])cc(Sc2cc(Cl)ccc2Cl)n1. The van der Waals surface area contributed by atoms with Gasteiger partial charge in [-0.2, -0.15) is 0 Å². The second-order valence-corrected chi connectivity index (χ2v) is 5.43. The smallest absolute Gasteiger partial charge is 0.275 e. The number of nitrogens with zero attached hydrogens (tertiary/aromatic N) is 2. The van der Waals surface area contributed by atoms with E-state index in [-0.39, 0.29) is 11.5 Å². The largest absolute Gasteiger partial charge is 0.383 e. The summed E-state index contributed by atoms with van der Waals surface area (Å²) >= 11 is 13.0. The normalized spacial score (nSPS) is 10.4. The number of benzene rings is 1. The van der Waals surface area contributed by atoms with Crippen LogP contribution in [0.1, 0.15) is 0 Å². The Morgan fingerprint density at radius 2 is 2.00 bits per heavy atom. The van der Waals surface area contributed by atoms with Crippen LogP contribution in [0, 0.1) is 10.1 Å². The minimum Gasteiger partial charge on any atom is -0.383 e. The molecule has 0 atom stereocenters. The second kappa shape index (κ2) is 5.64. The van der Waals surface area contributed by atoms with Gasteiger partial charge in [-0.3, -0.25) is 10.1 Å². The summed E-state index contributed by atoms with van der Waals surface area (Å²) in [5, 5.41) is 12.1. The molecule has 1 heterocycles. The standard InChI is InChI=1S/C11H7Cl2N3O2S/c12-6-1-2-8(13)9(3-6)19-11-5-7(16(17)18)4-10(14)15-11/h1-5H,(H2,14,15). The number of nitrogens with two attached hydrogens (primary N) is 1. The molecule has 19 heavy (non-hydrogen) atoms. The number of hydrogen-bond acceptors (Lipinski definition) is 5. The van der Waals surface area contributed by atoms with E-state index in [1.807, 2.05) is 0 Å². The fraction of sp³-hybridized carbons (Fsp3) is 0. The van der Waals surface area contributed by atoms with Crippen molar-refractivity contribution in [2.75, 3.05) is 5.73 Å². The van der Waals surface area contributed by atoms with Gasteiger partial charge in [-0.1, -0.05) is 35.0 Å². The van der Waals surface area contributed by atoms with Gasteiger partial charge in [-0.05, 0) is 18.2 Å². The first-order valence-corrected chi connectivity index (χ1v) is 6.58. The quantitative estimate of drug-likeness (QED) is 0.683. The minimum atomic E-state index is -0.526. The highest BCUT2D eigenvalue weighted by atomic mass is 35.5. The van der Waals surface area contributed by atoms with Crippen LogP contribution in [0.3, 0.4) is 0 Å². The number of hydrogen-bond donors (Lipinski definition) is 1. The van der Waals surface area contributed by atoms with Crippen LogP contribution in [0.4, 0.5) is 11.5 Å². The van der Waals surface area contributed by atoms with Gasteiger partial charge in [0.1, 0.15) is 10.8 Å². The molecule has 5 nitrogen and oxygen atoms in total. The minimum absolute atomic E-state index is 0.0786. The third-order valence-electron chi connectivity index (χ3n) is 2.13. The van der Waals surface area contributed by atoms with Crippen LogP contribution in [-0.4, -0.2) is 9.91 Å². The van der Waals surface area contributed by atoms with Gasteiger partial charge in [0.15, 0.2) is 0 Å². The van der Waals surface area contributed by atoms with E-state index in [1.165, 1.54) is 12.1 Å². The number of nitro groups is 1. The number of anilines is 1. The molecule has 0 unspecified atom stereocenters. The zero-order chi connectivity index (χ0) is 14.0. The van der Waals surface area contributed by atoms with E-state index in [0.717, 1.165) is 11.8 Å². The van der Waals surface area contributed by atoms with Crippen molar-refractivity contribution >= 4 is 46.5 Å². The van der Waals surface area contributed by atoms with Crippen molar-refractivity contribution in [2.24, 2.45) is 0 Å². The zero-order valence-corrected chi connectivity index (χ0v) is 11.7. The molecule has 8 heteroatoms. The van der Waals surface area contributed by atoms with Gasteiger partial charge in [0.25, 0.3) is 5.69 Å². The van der Waals surface area contributed by atoms with Crippen molar-refractivity contribution in [3.8, 4) is 0 Å². The van der Waals surface area contributed by atoms with Crippen LogP contribution >= 0.6 is 35.0 Å². The summed E-state index contributed by atoms with van der Waals surface area (Å²) in [6.07, 6.45) is 0. The summed E-state index contributed by atoms with van der Waals surface area (Å²) in [5.74, 6) is 0.0786. The molecule has 2 aromatic rings. The van der Waals surface area contributed by atoms with Crippen molar-refractivity contribution in [1.29, 1.82) is 0 Å². The fourth-order valence-corrected chi connectivity index (χ4v) is 2.71. The van der Waals surface area contributed by atoms with Gasteiger partial charge >= 0.3 is 0 Å². The first-order valence-electron chi connectivity index (χ1n) is 5.00. The second-order valence-electron chi connectivity index (χ2n) is 3.52. The Morgan fingerprint density at radius 3 is 2.68 bits per heavy atom. The lowest BCUT2D eigenvalue weighted by Gasteiger charge is -2.05. The molecular formula is C11H7Cl2N3O2S. The van der Waals surface area contributed by atoms with Crippen LogP contribution in [-0.2, 0) is 0 Å². The number of nitrogen functional groups attached to an aromatic ring is 1. The van der Waals surface area contributed by atoms with Gasteiger partial charge in [0, 0.05) is 16.0 Å². The Hall–Kier alpha value is -1.50. The van der Waals surface area contributed by atoms with Crippen LogP contribution in [0.2, 0.25) is 10.0 Å². The van der Waals surface area contributed by atoms with Crippen LogP contribution in [0.15, 0.2) is 40.3 Å². The summed E-state index contributed by atoms with van der Waals surface area (Å²) in [7, 11) is 0. The molecular weight excluding hydrogens is 309 g/mol. The molecule has 0 amide bonds. The number of aromatic nitrogens is 1. The molecule has 0 radical (unpaired) electrons. The zero-order valence-electron chi connectivity index (χ0n) is 9.34. The van der Waals surface area contributed by atoms with Gasteiger partial charge in [0.2, 0.25) is 0 Å². The Bertz CT molecular complexity index is 652. The molecule has 0 aliphatic carbocycles. The molecule has 0 saturated heterocycles. The molecule has 0 bridgehead atoms. The first-order chi connectivity index (χ1) is 8.95. The highest BCUT2D eigenvalue weighted by Crippen LogP contribution is 2.35. The average Bonchev–Trinajstić information content (AvgIpc) is 2.33. The Morgan fingerprint density at radius 1 is 1.26 bits per heavy atom. The molecule has 0 fully saturated rings. The van der Waals surface area contributed by atoms with Gasteiger partial charge in [-0.25, -0.2) is 4.98 Å². The molecule has 0 aliphatic rings. The molecule has 0 aliphatic heterocycles. The van der Waals surface area contributed by atoms with Crippen molar-refractivity contribution in [3.63, 3.8) is 0 Å². The molecule has 0 saturated carbocycles. The van der Waals surface area contributed by atoms with Gasteiger partial charge < -0.3 is 5.73 Å². The maximum absolute atomic E-state index is 10.7. The highest BCUT2D eigenvalue weighted by molar-refractivity contribution is 7.99. The van der Waals surface area contributed by atoms with Gasteiger partial charge in [0.05, 0.1) is 16.0 Å². The lowest BCUT2D eigenvalue weighted by molar-refractivity contribution is -0.385. The van der Waals surface area contributed by atoms with Crippen molar-refractivity contribution in [1.82, 2.24) is 4.98 Å². The van der Waals surface area contributed by atoms with Crippen molar-refractivity contribution in [2.45, 2.75) is 9.92 Å². The molecule has 1 aromatic carbocycles. The lowest BCUT2D eigenvalue weighted by atomic mass is 10.4. The van der Waals surface area contributed by atoms with E-state index in [1.54, 1.807) is 18.2 Å². The summed E-state index contributed by atoms with van der Waals surface area (Å²) in [6.45, 7) is 0. The summed E-state index contributed by atoms with van der Waals surface area (Å²) in [6, 6.07) is 7.49. The van der Waals surface area contributed by atoms with E-state index < -0.39 is 4.92 Å². The first kappa shape index (κ1) is 13.9. The van der Waals surface area contributed by atoms with E-state index in [0.29, 0.717) is 20.0 Å². The highest BCUT2D eigenvalue weighted by Gasteiger charge is 2.12. The number of rotatable bonds is 3. The fourth-order valence-electron chi connectivity index (χ4n) is 1.34. The lowest BCUT2D eigenvalue weighted by Crippen LogP contribution is -1.95. The maximum Gasteiger partial charge on any atom is 0.275 e. The van der Waals surface area contributed by atoms with E-state index in [9.17, 15) is 10.1 Å². The molecule has 98 valence electrons. The Kier molecular flexibility index (Phi) is 4.14. The van der Waals surface area contributed by atoms with E-state index in [4.69, 9.17) is 28.9 Å². The summed E-state index contributed by atoms with van der Waals surface area (Å²) in [5.41, 5.74) is 5.41. The predicted octanol–water partition coefficient (Wildman–Crippen LogP) is 4.03. The topological polar surface area (TPSA) is 82.0 Å². The number of pyridine rings is 1. The van der Waals surface area contributed by atoms with Crippen LogP contribution < -0.4 is 5.73 Å². The Labute approximate surface area is 122 Å². The third kappa shape index (κ3) is 3.50. The van der Waals surface area contributed by atoms with Crippen LogP contribution in [0.25, 0.3) is 0 Å². The summed E-state index contributed by atoms with van der Waals surface area (Å²) in [4.78, 5) is 14.9. The predicted molar refractivity (Wildman–Crippen MR) is 75.9 cm³/mol.